The van der Waals surface area contributed by atoms with Gasteiger partial charge < -0.3 is 10.4 Å². The molecule has 1 fully saturated rings. The van der Waals surface area contributed by atoms with Crippen LogP contribution in [0.2, 0.25) is 0 Å². The van der Waals surface area contributed by atoms with Crippen molar-refractivity contribution in [3.8, 4) is 0 Å². The number of amides is 1. The minimum absolute atomic E-state index is 0.0151. The van der Waals surface area contributed by atoms with Crippen LogP contribution in [0.25, 0.3) is 0 Å². The van der Waals surface area contributed by atoms with Gasteiger partial charge in [0.25, 0.3) is 0 Å². The molecule has 0 spiro atoms. The number of hydrogen-bond donors (Lipinski definition) is 2. The van der Waals surface area contributed by atoms with Crippen LogP contribution in [0.3, 0.4) is 0 Å². The standard InChI is InChI=1S/C15H16N2O3/c1-8-4-5-16-11(6-8)17-14(18)12-9-2-3-10(7-9)13(12)15(19)20/h2-6,9-10,12-13H,7H2,1H3,(H,19,20)(H,16,17,18)/t9-,10-,12+,13-/m0/s1. The summed E-state index contributed by atoms with van der Waals surface area (Å²) in [5, 5.41) is 12.1. The Morgan fingerprint density at radius 3 is 2.65 bits per heavy atom. The summed E-state index contributed by atoms with van der Waals surface area (Å²) in [7, 11) is 0. The van der Waals surface area contributed by atoms with E-state index in [2.05, 4.69) is 10.3 Å². The van der Waals surface area contributed by atoms with E-state index in [1.807, 2.05) is 25.1 Å². The number of aliphatic carboxylic acids is 1. The van der Waals surface area contributed by atoms with Gasteiger partial charge in [-0.25, -0.2) is 4.98 Å². The van der Waals surface area contributed by atoms with Crippen molar-refractivity contribution in [2.75, 3.05) is 5.32 Å². The average molecular weight is 272 g/mol. The molecule has 20 heavy (non-hydrogen) atoms. The molecule has 2 N–H and O–H groups in total. The Kier molecular flexibility index (Phi) is 3.04. The number of pyridine rings is 1. The maximum atomic E-state index is 12.4. The zero-order valence-corrected chi connectivity index (χ0v) is 11.1. The van der Waals surface area contributed by atoms with Gasteiger partial charge in [-0.05, 0) is 42.9 Å². The molecule has 1 saturated carbocycles. The highest BCUT2D eigenvalue weighted by molar-refractivity contribution is 5.95. The van der Waals surface area contributed by atoms with Gasteiger partial charge in [0.1, 0.15) is 5.82 Å². The Labute approximate surface area is 116 Å². The number of carboxylic acids is 1. The summed E-state index contributed by atoms with van der Waals surface area (Å²) >= 11 is 0. The summed E-state index contributed by atoms with van der Waals surface area (Å²) in [6.45, 7) is 1.91. The van der Waals surface area contributed by atoms with Crippen molar-refractivity contribution in [1.82, 2.24) is 4.98 Å². The Bertz CT molecular complexity index is 597. The minimum Gasteiger partial charge on any atom is -0.481 e. The zero-order valence-electron chi connectivity index (χ0n) is 11.1. The molecule has 1 aromatic rings. The molecule has 0 aromatic carbocycles. The number of carboxylic acid groups (broad SMARTS) is 1. The fourth-order valence-electron chi connectivity index (χ4n) is 3.33. The van der Waals surface area contributed by atoms with E-state index in [0.29, 0.717) is 5.82 Å². The number of aromatic nitrogens is 1. The Morgan fingerprint density at radius 2 is 2.00 bits per heavy atom. The minimum atomic E-state index is -0.890. The van der Waals surface area contributed by atoms with Crippen LogP contribution in [-0.4, -0.2) is 22.0 Å². The second kappa shape index (κ2) is 4.74. The molecule has 0 aliphatic heterocycles. The maximum absolute atomic E-state index is 12.4. The number of allylic oxidation sites excluding steroid dienone is 2. The molecule has 2 aliphatic carbocycles. The van der Waals surface area contributed by atoms with Gasteiger partial charge >= 0.3 is 5.97 Å². The molecule has 0 radical (unpaired) electrons. The predicted octanol–water partition coefficient (Wildman–Crippen LogP) is 1.85. The molecule has 0 unspecified atom stereocenters. The molecule has 104 valence electrons. The van der Waals surface area contributed by atoms with Gasteiger partial charge in [-0.2, -0.15) is 0 Å². The van der Waals surface area contributed by atoms with Crippen LogP contribution in [0.5, 0.6) is 0 Å². The van der Waals surface area contributed by atoms with Gasteiger partial charge in [-0.3, -0.25) is 9.59 Å². The van der Waals surface area contributed by atoms with Crippen LogP contribution < -0.4 is 5.32 Å². The van der Waals surface area contributed by atoms with Gasteiger partial charge in [0, 0.05) is 6.20 Å². The van der Waals surface area contributed by atoms with Gasteiger partial charge in [-0.1, -0.05) is 12.2 Å². The molecule has 0 saturated heterocycles. The number of fused-ring (bicyclic) bond motifs is 2. The molecule has 1 amide bonds. The number of carbonyl (C=O) groups is 2. The second-order valence-electron chi connectivity index (χ2n) is 5.55. The lowest BCUT2D eigenvalue weighted by Crippen LogP contribution is -2.36. The molecule has 1 heterocycles. The van der Waals surface area contributed by atoms with Crippen molar-refractivity contribution in [2.45, 2.75) is 13.3 Å². The van der Waals surface area contributed by atoms with E-state index in [0.717, 1.165) is 12.0 Å². The summed E-state index contributed by atoms with van der Waals surface area (Å²) in [5.41, 5.74) is 0.998. The molecule has 3 rings (SSSR count). The van der Waals surface area contributed by atoms with Crippen molar-refractivity contribution in [3.05, 3.63) is 36.0 Å². The quantitative estimate of drug-likeness (QED) is 0.823. The van der Waals surface area contributed by atoms with Crippen LogP contribution in [0.4, 0.5) is 5.82 Å². The number of hydrogen-bond acceptors (Lipinski definition) is 3. The zero-order chi connectivity index (χ0) is 14.3. The van der Waals surface area contributed by atoms with Crippen LogP contribution in [0.15, 0.2) is 30.5 Å². The van der Waals surface area contributed by atoms with Crippen molar-refractivity contribution in [3.63, 3.8) is 0 Å². The highest BCUT2D eigenvalue weighted by Gasteiger charge is 2.51. The van der Waals surface area contributed by atoms with E-state index in [4.69, 9.17) is 0 Å². The third-order valence-electron chi connectivity index (χ3n) is 4.21. The molecular weight excluding hydrogens is 256 g/mol. The number of carbonyl (C=O) groups excluding carboxylic acids is 1. The molecule has 1 aromatic heterocycles. The number of nitrogens with one attached hydrogen (secondary N) is 1. The average Bonchev–Trinajstić information content (AvgIpc) is 2.98. The lowest BCUT2D eigenvalue weighted by molar-refractivity contribution is -0.146. The predicted molar refractivity (Wildman–Crippen MR) is 73.0 cm³/mol. The summed E-state index contributed by atoms with van der Waals surface area (Å²) in [6, 6.07) is 3.62. The van der Waals surface area contributed by atoms with E-state index in [1.54, 1.807) is 12.3 Å². The second-order valence-corrected chi connectivity index (χ2v) is 5.55. The first-order chi connectivity index (χ1) is 9.56. The van der Waals surface area contributed by atoms with Crippen LogP contribution >= 0.6 is 0 Å². The lowest BCUT2D eigenvalue weighted by atomic mass is 9.82. The van der Waals surface area contributed by atoms with Crippen molar-refractivity contribution >= 4 is 17.7 Å². The molecule has 5 nitrogen and oxygen atoms in total. The first kappa shape index (κ1) is 12.8. The van der Waals surface area contributed by atoms with Crippen LogP contribution in [-0.2, 0) is 9.59 Å². The summed E-state index contributed by atoms with van der Waals surface area (Å²) in [5.74, 6) is -1.75. The third-order valence-corrected chi connectivity index (χ3v) is 4.21. The van der Waals surface area contributed by atoms with Crippen molar-refractivity contribution < 1.29 is 14.7 Å². The van der Waals surface area contributed by atoms with Gasteiger partial charge in [-0.15, -0.1) is 0 Å². The maximum Gasteiger partial charge on any atom is 0.307 e. The molecule has 2 aliphatic rings. The highest BCUT2D eigenvalue weighted by Crippen LogP contribution is 2.48. The first-order valence-electron chi connectivity index (χ1n) is 6.71. The topological polar surface area (TPSA) is 79.3 Å². The fraction of sp³-hybridized carbons (Fsp3) is 0.400. The van der Waals surface area contributed by atoms with Gasteiger partial charge in [0.15, 0.2) is 0 Å². The molecular formula is C15H16N2O3. The Balaban J connectivity index is 1.80. The SMILES string of the molecule is Cc1ccnc(NC(=O)[C@H]2[C@@H](C(=O)O)[C@H]3C=C[C@H]2C3)c1. The lowest BCUT2D eigenvalue weighted by Gasteiger charge is -2.23. The van der Waals surface area contributed by atoms with Crippen LogP contribution in [0, 0.1) is 30.6 Å². The fourth-order valence-corrected chi connectivity index (χ4v) is 3.33. The highest BCUT2D eigenvalue weighted by atomic mass is 16.4. The number of aryl methyl sites for hydroxylation is 1. The van der Waals surface area contributed by atoms with E-state index in [1.165, 1.54) is 0 Å². The van der Waals surface area contributed by atoms with E-state index in [-0.39, 0.29) is 17.7 Å². The summed E-state index contributed by atoms with van der Waals surface area (Å²) in [4.78, 5) is 27.9. The molecule has 4 atom stereocenters. The number of nitrogens with zero attached hydrogens (tertiary/aromatic N) is 1. The number of rotatable bonds is 3. The van der Waals surface area contributed by atoms with Crippen molar-refractivity contribution in [2.24, 2.45) is 23.7 Å². The summed E-state index contributed by atoms with van der Waals surface area (Å²) < 4.78 is 0. The summed E-state index contributed by atoms with van der Waals surface area (Å²) in [6.07, 6.45) is 6.28. The largest absolute Gasteiger partial charge is 0.481 e. The Morgan fingerprint density at radius 1 is 1.30 bits per heavy atom. The van der Waals surface area contributed by atoms with E-state index in [9.17, 15) is 14.7 Å². The third kappa shape index (κ3) is 2.09. The Hall–Kier alpha value is -2.17. The van der Waals surface area contributed by atoms with Gasteiger partial charge in [0.2, 0.25) is 5.91 Å². The normalized spacial score (nSPS) is 30.4. The van der Waals surface area contributed by atoms with Crippen molar-refractivity contribution in [1.29, 1.82) is 0 Å². The molecule has 2 bridgehead atoms. The van der Waals surface area contributed by atoms with Crippen LogP contribution in [0.1, 0.15) is 12.0 Å². The van der Waals surface area contributed by atoms with Gasteiger partial charge in [0.05, 0.1) is 11.8 Å². The smallest absolute Gasteiger partial charge is 0.307 e. The van der Waals surface area contributed by atoms with E-state index < -0.39 is 17.8 Å². The number of anilines is 1. The first-order valence-corrected chi connectivity index (χ1v) is 6.71. The van der Waals surface area contributed by atoms with E-state index >= 15 is 0 Å². The monoisotopic (exact) mass is 272 g/mol. The molecule has 5 heteroatoms.